The average Bonchev–Trinajstić information content (AvgIpc) is 2.64. The molecule has 1 N–H and O–H groups in total. The molecule has 0 bridgehead atoms. The third-order valence-electron chi connectivity index (χ3n) is 3.94. The Morgan fingerprint density at radius 1 is 1.36 bits per heavy atom. The molecule has 120 valence electrons. The molecule has 1 heterocycles. The van der Waals surface area contributed by atoms with Crippen molar-refractivity contribution >= 4 is 23.5 Å². The molecule has 0 spiro atoms. The molecule has 1 fully saturated rings. The van der Waals surface area contributed by atoms with Gasteiger partial charge in [-0.1, -0.05) is 31.5 Å². The molecule has 2 rings (SSSR count). The average molecular weight is 327 g/mol. The third-order valence-corrected chi connectivity index (χ3v) is 4.30. The maximum absolute atomic E-state index is 13.9. The first-order valence-corrected chi connectivity index (χ1v) is 7.69. The van der Waals surface area contributed by atoms with Crippen molar-refractivity contribution in [1.29, 1.82) is 0 Å². The van der Waals surface area contributed by atoms with E-state index in [0.717, 1.165) is 11.3 Å². The van der Waals surface area contributed by atoms with Crippen LogP contribution in [0.4, 0.5) is 9.18 Å². The number of nitrogens with zero attached hydrogens (tertiary/aromatic N) is 1. The number of hydrogen-bond donors (Lipinski definition) is 1. The molecule has 3 amide bonds. The summed E-state index contributed by atoms with van der Waals surface area (Å²) in [6.07, 6.45) is 1.37. The number of carbonyl (C=O) groups excluding carboxylic acids is 2. The SMILES string of the molecule is CC(C)CCC1(C)NC(=O)N(Cc2c(F)cccc2Cl)C1=O. The van der Waals surface area contributed by atoms with Crippen LogP contribution >= 0.6 is 11.6 Å². The molecule has 1 atom stereocenters. The second kappa shape index (κ2) is 6.24. The maximum Gasteiger partial charge on any atom is 0.325 e. The van der Waals surface area contributed by atoms with Crippen LogP contribution in [0.25, 0.3) is 0 Å². The first-order valence-electron chi connectivity index (χ1n) is 7.31. The van der Waals surface area contributed by atoms with Crippen molar-refractivity contribution in [2.24, 2.45) is 5.92 Å². The normalized spacial score (nSPS) is 21.6. The van der Waals surface area contributed by atoms with E-state index in [1.54, 1.807) is 6.92 Å². The summed E-state index contributed by atoms with van der Waals surface area (Å²) in [6.45, 7) is 5.66. The Morgan fingerprint density at radius 2 is 2.05 bits per heavy atom. The summed E-state index contributed by atoms with van der Waals surface area (Å²) in [5, 5.41) is 2.92. The summed E-state index contributed by atoms with van der Waals surface area (Å²) in [5.74, 6) is -0.432. The Bertz CT molecular complexity index is 586. The molecule has 1 aliphatic heterocycles. The van der Waals surface area contributed by atoms with E-state index in [0.29, 0.717) is 12.3 Å². The number of carbonyl (C=O) groups is 2. The van der Waals surface area contributed by atoms with E-state index in [1.807, 2.05) is 0 Å². The summed E-state index contributed by atoms with van der Waals surface area (Å²) in [7, 11) is 0. The van der Waals surface area contributed by atoms with Gasteiger partial charge in [0.1, 0.15) is 11.4 Å². The van der Waals surface area contributed by atoms with Crippen molar-refractivity contribution in [3.63, 3.8) is 0 Å². The molecule has 0 radical (unpaired) electrons. The zero-order valence-electron chi connectivity index (χ0n) is 13.0. The third kappa shape index (κ3) is 3.24. The van der Waals surface area contributed by atoms with E-state index in [-0.39, 0.29) is 23.0 Å². The highest BCUT2D eigenvalue weighted by Gasteiger charge is 2.47. The Balaban J connectivity index is 2.19. The first-order chi connectivity index (χ1) is 10.2. The molecule has 0 aromatic heterocycles. The number of rotatable bonds is 5. The number of urea groups is 1. The van der Waals surface area contributed by atoms with Crippen LogP contribution < -0.4 is 5.32 Å². The van der Waals surface area contributed by atoms with Crippen molar-refractivity contribution in [3.05, 3.63) is 34.6 Å². The summed E-state index contributed by atoms with van der Waals surface area (Å²) in [5.41, 5.74) is -0.778. The van der Waals surface area contributed by atoms with Crippen LogP contribution in [0.3, 0.4) is 0 Å². The van der Waals surface area contributed by atoms with Crippen molar-refractivity contribution in [1.82, 2.24) is 10.2 Å². The standard InChI is InChI=1S/C16H20ClFN2O2/c1-10(2)7-8-16(3)14(21)20(15(22)19-16)9-11-12(17)5-4-6-13(11)18/h4-6,10H,7-9H2,1-3H3,(H,19,22). The van der Waals surface area contributed by atoms with Crippen molar-refractivity contribution in [3.8, 4) is 0 Å². The fourth-order valence-corrected chi connectivity index (χ4v) is 2.70. The molecule has 22 heavy (non-hydrogen) atoms. The Kier molecular flexibility index (Phi) is 4.75. The van der Waals surface area contributed by atoms with Crippen LogP contribution in [0.5, 0.6) is 0 Å². The lowest BCUT2D eigenvalue weighted by atomic mass is 9.92. The number of nitrogens with one attached hydrogen (secondary N) is 1. The van der Waals surface area contributed by atoms with Crippen LogP contribution in [-0.4, -0.2) is 22.4 Å². The van der Waals surface area contributed by atoms with Gasteiger partial charge in [0.05, 0.1) is 6.54 Å². The minimum absolute atomic E-state index is 0.153. The van der Waals surface area contributed by atoms with Crippen LogP contribution in [0, 0.1) is 11.7 Å². The molecule has 1 aliphatic rings. The van der Waals surface area contributed by atoms with Crippen molar-refractivity contribution in [2.45, 2.75) is 45.7 Å². The highest BCUT2D eigenvalue weighted by molar-refractivity contribution is 6.31. The Morgan fingerprint density at radius 3 is 2.64 bits per heavy atom. The second-order valence-electron chi connectivity index (χ2n) is 6.29. The molecule has 1 aromatic rings. The van der Waals surface area contributed by atoms with Gasteiger partial charge in [0.2, 0.25) is 0 Å². The van der Waals surface area contributed by atoms with Crippen molar-refractivity contribution in [2.75, 3.05) is 0 Å². The van der Waals surface area contributed by atoms with Crippen LogP contribution in [0.15, 0.2) is 18.2 Å². The largest absolute Gasteiger partial charge is 0.325 e. The van der Waals surface area contributed by atoms with Gasteiger partial charge in [0.15, 0.2) is 0 Å². The van der Waals surface area contributed by atoms with Gasteiger partial charge in [-0.05, 0) is 37.8 Å². The van der Waals surface area contributed by atoms with E-state index in [2.05, 4.69) is 19.2 Å². The predicted molar refractivity (Wildman–Crippen MR) is 83.0 cm³/mol. The van der Waals surface area contributed by atoms with Gasteiger partial charge in [-0.15, -0.1) is 0 Å². The fourth-order valence-electron chi connectivity index (χ4n) is 2.48. The van der Waals surface area contributed by atoms with Gasteiger partial charge in [0.25, 0.3) is 5.91 Å². The lowest BCUT2D eigenvalue weighted by Gasteiger charge is -2.22. The van der Waals surface area contributed by atoms with Crippen molar-refractivity contribution < 1.29 is 14.0 Å². The molecular formula is C16H20ClFN2O2. The van der Waals surface area contributed by atoms with Crippen LogP contribution in [-0.2, 0) is 11.3 Å². The highest BCUT2D eigenvalue weighted by Crippen LogP contribution is 2.28. The van der Waals surface area contributed by atoms with E-state index in [4.69, 9.17) is 11.6 Å². The zero-order chi connectivity index (χ0) is 16.5. The number of hydrogen-bond acceptors (Lipinski definition) is 2. The molecule has 6 heteroatoms. The highest BCUT2D eigenvalue weighted by atomic mass is 35.5. The van der Waals surface area contributed by atoms with E-state index in [9.17, 15) is 14.0 Å². The van der Waals surface area contributed by atoms with Gasteiger partial charge in [-0.3, -0.25) is 9.69 Å². The van der Waals surface area contributed by atoms with Gasteiger partial charge in [-0.25, -0.2) is 9.18 Å². The van der Waals surface area contributed by atoms with Gasteiger partial charge < -0.3 is 5.32 Å². The minimum atomic E-state index is -0.931. The Hall–Kier alpha value is -1.62. The van der Waals surface area contributed by atoms with E-state index < -0.39 is 17.4 Å². The topological polar surface area (TPSA) is 49.4 Å². The molecule has 0 aliphatic carbocycles. The summed E-state index contributed by atoms with van der Waals surface area (Å²) in [6, 6.07) is 3.78. The van der Waals surface area contributed by atoms with E-state index >= 15 is 0 Å². The molecule has 0 saturated carbocycles. The number of benzene rings is 1. The number of amides is 3. The Labute approximate surface area is 134 Å². The van der Waals surface area contributed by atoms with Crippen LogP contribution in [0.1, 0.15) is 39.2 Å². The number of halogens is 2. The van der Waals surface area contributed by atoms with E-state index in [1.165, 1.54) is 18.2 Å². The van der Waals surface area contributed by atoms with Gasteiger partial charge in [-0.2, -0.15) is 0 Å². The molecule has 4 nitrogen and oxygen atoms in total. The predicted octanol–water partition coefficient (Wildman–Crippen LogP) is 3.73. The fraction of sp³-hybridized carbons (Fsp3) is 0.500. The van der Waals surface area contributed by atoms with Gasteiger partial charge in [0, 0.05) is 10.6 Å². The molecular weight excluding hydrogens is 307 g/mol. The molecule has 1 aromatic carbocycles. The monoisotopic (exact) mass is 326 g/mol. The number of imide groups is 1. The zero-order valence-corrected chi connectivity index (χ0v) is 13.7. The minimum Gasteiger partial charge on any atom is -0.323 e. The summed E-state index contributed by atoms with van der Waals surface area (Å²) >= 11 is 5.97. The second-order valence-corrected chi connectivity index (χ2v) is 6.69. The molecule has 1 saturated heterocycles. The van der Waals surface area contributed by atoms with Crippen LogP contribution in [0.2, 0.25) is 5.02 Å². The lowest BCUT2D eigenvalue weighted by Crippen LogP contribution is -2.44. The lowest BCUT2D eigenvalue weighted by molar-refractivity contribution is -0.131. The summed E-state index contributed by atoms with van der Waals surface area (Å²) in [4.78, 5) is 25.7. The summed E-state index contributed by atoms with van der Waals surface area (Å²) < 4.78 is 13.9. The quantitative estimate of drug-likeness (QED) is 0.838. The molecule has 1 unspecified atom stereocenters. The first kappa shape index (κ1) is 16.7. The smallest absolute Gasteiger partial charge is 0.323 e. The maximum atomic E-state index is 13.9. The van der Waals surface area contributed by atoms with Gasteiger partial charge >= 0.3 is 6.03 Å².